The van der Waals surface area contributed by atoms with Gasteiger partial charge in [0.1, 0.15) is 10.7 Å². The minimum absolute atomic E-state index is 0.00237. The number of nitrogens with one attached hydrogen (secondary N) is 1. The molecule has 0 radical (unpaired) electrons. The van der Waals surface area contributed by atoms with Gasteiger partial charge in [0.05, 0.1) is 12.0 Å². The molecular formula is C40H61N5O7S. The lowest BCUT2D eigenvalue weighted by Crippen LogP contribution is -2.47. The molecule has 1 fully saturated rings. The number of esters is 1. The number of likely N-dealkylation sites (N-methyl/N-ethyl adjacent to an activating group) is 1. The highest BCUT2D eigenvalue weighted by Crippen LogP contribution is 2.33. The summed E-state index contributed by atoms with van der Waals surface area (Å²) in [4.78, 5) is 75.7. The van der Waals surface area contributed by atoms with E-state index in [-0.39, 0.29) is 60.6 Å². The number of amides is 2. The Morgan fingerprint density at radius 2 is 1.72 bits per heavy atom. The molecule has 0 aliphatic carbocycles. The number of ether oxygens (including phenoxy) is 1. The minimum atomic E-state index is -0.945. The van der Waals surface area contributed by atoms with E-state index in [0.29, 0.717) is 11.4 Å². The zero-order valence-electron chi connectivity index (χ0n) is 33.3. The van der Waals surface area contributed by atoms with Gasteiger partial charge in [-0.25, -0.2) is 4.98 Å². The molecule has 3 rings (SSSR count). The van der Waals surface area contributed by atoms with Crippen LogP contribution in [-0.4, -0.2) is 102 Å². The molecule has 1 aliphatic heterocycles. The van der Waals surface area contributed by atoms with E-state index in [1.54, 1.807) is 24.3 Å². The lowest BCUT2D eigenvalue weighted by atomic mass is 9.83. The van der Waals surface area contributed by atoms with Gasteiger partial charge in [-0.05, 0) is 68.8 Å². The van der Waals surface area contributed by atoms with Crippen LogP contribution in [0.4, 0.5) is 5.69 Å². The molecule has 2 N–H and O–H groups in total. The van der Waals surface area contributed by atoms with Gasteiger partial charge < -0.3 is 25.0 Å². The molecule has 2 amide bonds. The molecule has 0 spiro atoms. The van der Waals surface area contributed by atoms with Crippen LogP contribution in [0.5, 0.6) is 0 Å². The predicted molar refractivity (Wildman–Crippen MR) is 208 cm³/mol. The Morgan fingerprint density at radius 1 is 1.06 bits per heavy atom. The Morgan fingerprint density at radius 3 is 2.25 bits per heavy atom. The Balaban J connectivity index is 1.82. The van der Waals surface area contributed by atoms with Gasteiger partial charge in [0.2, 0.25) is 5.91 Å². The molecule has 294 valence electrons. The van der Waals surface area contributed by atoms with Crippen molar-refractivity contribution >= 4 is 46.6 Å². The quantitative estimate of drug-likeness (QED) is 0.158. The third-order valence-corrected chi connectivity index (χ3v) is 11.6. The molecule has 0 saturated carbocycles. The first-order chi connectivity index (χ1) is 24.9. The topological polar surface area (TPSA) is 149 Å². The fourth-order valence-electron chi connectivity index (χ4n) is 7.14. The summed E-state index contributed by atoms with van der Waals surface area (Å²) in [5.41, 5.74) is 2.12. The molecule has 2 aromatic rings. The highest BCUT2D eigenvalue weighted by Gasteiger charge is 2.38. The van der Waals surface area contributed by atoms with E-state index in [2.05, 4.69) is 15.2 Å². The summed E-state index contributed by atoms with van der Waals surface area (Å²) in [6.07, 6.45) is 2.80. The van der Waals surface area contributed by atoms with Crippen LogP contribution in [0, 0.1) is 23.7 Å². The number of anilines is 1. The number of benzene rings is 1. The third kappa shape index (κ3) is 12.3. The van der Waals surface area contributed by atoms with Crippen LogP contribution in [0.1, 0.15) is 107 Å². The number of aliphatic carboxylic acids is 1. The monoisotopic (exact) mass is 755 g/mol. The first-order valence-electron chi connectivity index (χ1n) is 18.8. The maximum Gasteiger partial charge on any atom is 0.306 e. The number of ketones is 1. The number of carbonyl (C=O) groups excluding carboxylic acids is 4. The van der Waals surface area contributed by atoms with E-state index < -0.39 is 41.8 Å². The predicted octanol–water partition coefficient (Wildman–Crippen LogP) is 5.85. The highest BCUT2D eigenvalue weighted by molar-refractivity contribution is 7.09. The molecule has 1 saturated heterocycles. The Kier molecular flexibility index (Phi) is 16.4. The van der Waals surface area contributed by atoms with E-state index in [9.17, 15) is 29.1 Å². The van der Waals surface area contributed by atoms with Crippen LogP contribution >= 0.6 is 11.3 Å². The molecule has 2 heterocycles. The van der Waals surface area contributed by atoms with Crippen LogP contribution in [-0.2, 0) is 30.3 Å². The van der Waals surface area contributed by atoms with Gasteiger partial charge in [-0.2, -0.15) is 0 Å². The summed E-state index contributed by atoms with van der Waals surface area (Å²) in [6, 6.07) is 6.90. The normalized spacial score (nSPS) is 18.1. The van der Waals surface area contributed by atoms with Crippen LogP contribution in [0.15, 0.2) is 29.6 Å². The number of rotatable bonds is 20. The highest BCUT2D eigenvalue weighted by atomic mass is 32.1. The van der Waals surface area contributed by atoms with Gasteiger partial charge in [0.15, 0.2) is 11.9 Å². The Hall–Kier alpha value is -3.84. The number of likely N-dealkylation sites (tertiary alicyclic amines) is 1. The van der Waals surface area contributed by atoms with Gasteiger partial charge >= 0.3 is 11.9 Å². The number of hydrogen-bond donors (Lipinski definition) is 2. The first-order valence-corrected chi connectivity index (χ1v) is 19.7. The van der Waals surface area contributed by atoms with Crippen molar-refractivity contribution in [3.05, 3.63) is 45.9 Å². The molecule has 0 bridgehead atoms. The number of Topliss-reactive ketones (excluding diaryl/α,β-unsaturated/α-hetero) is 1. The zero-order valence-corrected chi connectivity index (χ0v) is 34.1. The number of carboxylic acids is 1. The second-order valence-corrected chi connectivity index (χ2v) is 16.3. The van der Waals surface area contributed by atoms with E-state index >= 15 is 0 Å². The molecule has 1 aromatic heterocycles. The van der Waals surface area contributed by atoms with Gasteiger partial charge in [-0.15, -0.1) is 11.3 Å². The maximum absolute atomic E-state index is 14.2. The standard InChI is InChI=1S/C40H61N5O7S/c1-11-25(4)31(21-35(47)33-13-12-18-44(33)9)39(49)45(10)34(24(2)3)22-36(52-27(6)46)38-42-32(23-53-38)37(48)41-29(19-26(5)40(50)51)20-28-14-16-30(17-15-28)43(7)8/h14-17,23-26,29,31,33-34,36H,11-13,18-22H2,1-10H3,(H,41,48)(H,50,51)/t25-,26-,29+,31?,33?,34+,36+/m0/s1. The van der Waals surface area contributed by atoms with E-state index in [1.165, 1.54) is 18.3 Å². The van der Waals surface area contributed by atoms with E-state index in [1.807, 2.05) is 78.0 Å². The minimum Gasteiger partial charge on any atom is -0.481 e. The molecule has 13 heteroatoms. The summed E-state index contributed by atoms with van der Waals surface area (Å²) in [5, 5.41) is 14.6. The smallest absolute Gasteiger partial charge is 0.306 e. The fraction of sp³-hybridized carbons (Fsp3) is 0.650. The zero-order chi connectivity index (χ0) is 39.6. The largest absolute Gasteiger partial charge is 0.481 e. The van der Waals surface area contributed by atoms with Crippen molar-refractivity contribution in [3.8, 4) is 0 Å². The number of thiazole rings is 1. The first kappa shape index (κ1) is 43.6. The van der Waals surface area contributed by atoms with Crippen molar-refractivity contribution in [2.24, 2.45) is 23.7 Å². The molecule has 1 aromatic carbocycles. The van der Waals surface area contributed by atoms with E-state index in [0.717, 1.165) is 37.1 Å². The summed E-state index contributed by atoms with van der Waals surface area (Å²) < 4.78 is 5.79. The van der Waals surface area contributed by atoms with Crippen LogP contribution < -0.4 is 10.2 Å². The van der Waals surface area contributed by atoms with Crippen LogP contribution in [0.25, 0.3) is 0 Å². The molecule has 1 aliphatic rings. The molecule has 2 unspecified atom stereocenters. The molecule has 53 heavy (non-hydrogen) atoms. The van der Waals surface area contributed by atoms with Crippen molar-refractivity contribution in [3.63, 3.8) is 0 Å². The fourth-order valence-corrected chi connectivity index (χ4v) is 7.98. The van der Waals surface area contributed by atoms with Crippen molar-refractivity contribution in [2.75, 3.05) is 39.6 Å². The van der Waals surface area contributed by atoms with Crippen molar-refractivity contribution in [2.45, 2.75) is 111 Å². The third-order valence-electron chi connectivity index (χ3n) is 10.7. The average molecular weight is 756 g/mol. The molecule has 7 atom stereocenters. The molecular weight excluding hydrogens is 695 g/mol. The Bertz CT molecular complexity index is 1540. The number of nitrogens with zero attached hydrogens (tertiary/aromatic N) is 4. The van der Waals surface area contributed by atoms with Crippen LogP contribution in [0.2, 0.25) is 0 Å². The maximum atomic E-state index is 14.2. The van der Waals surface area contributed by atoms with Crippen molar-refractivity contribution in [1.29, 1.82) is 0 Å². The SMILES string of the molecule is CC[C@H](C)C(CC(=O)C1CCCN1C)C(=O)N(C)[C@H](C[C@@H](OC(C)=O)c1nc(C(=O)N[C@@H](Cc2ccc(N(C)C)cc2)C[C@H](C)C(=O)O)cs1)C(C)C. The van der Waals surface area contributed by atoms with Gasteiger partial charge in [-0.1, -0.05) is 53.2 Å². The summed E-state index contributed by atoms with van der Waals surface area (Å²) in [5.74, 6) is -3.10. The Labute approximate surface area is 319 Å². The summed E-state index contributed by atoms with van der Waals surface area (Å²) >= 11 is 1.19. The van der Waals surface area contributed by atoms with E-state index in [4.69, 9.17) is 4.74 Å². The number of carbonyl (C=O) groups is 5. The van der Waals surface area contributed by atoms with Crippen LogP contribution in [0.3, 0.4) is 0 Å². The number of aromatic nitrogens is 1. The van der Waals surface area contributed by atoms with Gasteiger partial charge in [0.25, 0.3) is 5.91 Å². The second-order valence-electron chi connectivity index (χ2n) is 15.4. The van der Waals surface area contributed by atoms with Gasteiger partial charge in [0, 0.05) is 70.0 Å². The number of carboxylic acid groups (broad SMARTS) is 1. The lowest BCUT2D eigenvalue weighted by Gasteiger charge is -2.37. The number of hydrogen-bond acceptors (Lipinski definition) is 10. The summed E-state index contributed by atoms with van der Waals surface area (Å²) in [6.45, 7) is 11.9. The van der Waals surface area contributed by atoms with Gasteiger partial charge in [-0.3, -0.25) is 28.9 Å². The second kappa shape index (κ2) is 20.0. The average Bonchev–Trinajstić information content (AvgIpc) is 3.77. The summed E-state index contributed by atoms with van der Waals surface area (Å²) in [7, 11) is 7.62. The van der Waals surface area contributed by atoms with Crippen molar-refractivity contribution < 1.29 is 33.8 Å². The molecule has 12 nitrogen and oxygen atoms in total. The lowest BCUT2D eigenvalue weighted by molar-refractivity contribution is -0.149. The van der Waals surface area contributed by atoms with Crippen molar-refractivity contribution in [1.82, 2.24) is 20.1 Å².